The maximum Gasteiger partial charge on any atom is 0.417 e. The van der Waals surface area contributed by atoms with E-state index in [1.54, 1.807) is 43.6 Å². The number of ether oxygens (including phenoxy) is 2. The second kappa shape index (κ2) is 14.8. The van der Waals surface area contributed by atoms with E-state index >= 15 is 4.39 Å². The smallest absolute Gasteiger partial charge is 0.417 e. The van der Waals surface area contributed by atoms with Gasteiger partial charge in [-0.1, -0.05) is 19.1 Å². The average molecular weight is 680 g/mol. The number of hydrogen-bond donors (Lipinski definition) is 2. The normalized spacial score (nSPS) is 16.3. The highest BCUT2D eigenvalue weighted by molar-refractivity contribution is 7.10. The summed E-state index contributed by atoms with van der Waals surface area (Å²) in [6.07, 6.45) is 0.664. The number of carbonyl (C=O) groups excluding carboxylic acids is 3. The number of nitriles is 1. The fraction of sp³-hybridized carbons (Fsp3) is 0.344. The molecule has 5 rings (SSSR count). The Balaban J connectivity index is 1.32. The van der Waals surface area contributed by atoms with Crippen LogP contribution >= 0.6 is 11.3 Å². The van der Waals surface area contributed by atoms with Crippen molar-refractivity contribution >= 4 is 29.3 Å². The van der Waals surface area contributed by atoms with Gasteiger partial charge in [0, 0.05) is 28.8 Å². The van der Waals surface area contributed by atoms with Crippen LogP contribution in [0.3, 0.4) is 0 Å². The van der Waals surface area contributed by atoms with Gasteiger partial charge in [0.15, 0.2) is 12.4 Å². The molecule has 1 aliphatic heterocycles. The van der Waals surface area contributed by atoms with Gasteiger partial charge < -0.3 is 19.9 Å². The van der Waals surface area contributed by atoms with Crippen molar-refractivity contribution in [1.29, 1.82) is 5.26 Å². The van der Waals surface area contributed by atoms with Crippen LogP contribution < -0.4 is 5.32 Å². The SMILES string of the molecule is CNCC(=O)OC[C@@H]1CCC(=O)N1C(=O)OCc1ncn(C[C@](O)(c2cc(F)ccc2F)[C@@H](C)c2nc(-c3ccc(C#N)cc3)cs2)n1. The van der Waals surface area contributed by atoms with Crippen LogP contribution in [-0.4, -0.2) is 74.0 Å². The molecule has 0 saturated carbocycles. The minimum Gasteiger partial charge on any atom is -0.463 e. The summed E-state index contributed by atoms with van der Waals surface area (Å²) in [6.45, 7) is 0.611. The second-order valence-corrected chi connectivity index (χ2v) is 12.0. The van der Waals surface area contributed by atoms with Crippen molar-refractivity contribution in [2.75, 3.05) is 20.2 Å². The molecule has 3 atom stereocenters. The fourth-order valence-corrected chi connectivity index (χ4v) is 6.25. The van der Waals surface area contributed by atoms with Crippen molar-refractivity contribution in [3.8, 4) is 17.3 Å². The van der Waals surface area contributed by atoms with Crippen molar-refractivity contribution in [3.63, 3.8) is 0 Å². The molecule has 0 unspecified atom stereocenters. The van der Waals surface area contributed by atoms with E-state index in [9.17, 15) is 23.9 Å². The van der Waals surface area contributed by atoms with Crippen molar-refractivity contribution in [2.45, 2.75) is 50.5 Å². The van der Waals surface area contributed by atoms with Gasteiger partial charge in [0.1, 0.15) is 30.2 Å². The van der Waals surface area contributed by atoms with Gasteiger partial charge in [-0.05, 0) is 43.8 Å². The summed E-state index contributed by atoms with van der Waals surface area (Å²) in [5.74, 6) is -3.48. The van der Waals surface area contributed by atoms with Gasteiger partial charge in [0.05, 0.1) is 41.5 Å². The van der Waals surface area contributed by atoms with Crippen LogP contribution in [0.15, 0.2) is 54.2 Å². The zero-order valence-corrected chi connectivity index (χ0v) is 26.7. The third-order valence-electron chi connectivity index (χ3n) is 7.90. The first-order valence-corrected chi connectivity index (χ1v) is 15.7. The van der Waals surface area contributed by atoms with E-state index in [2.05, 4.69) is 26.5 Å². The summed E-state index contributed by atoms with van der Waals surface area (Å²) in [6, 6.07) is 10.9. The van der Waals surface area contributed by atoms with E-state index in [0.717, 1.165) is 28.7 Å². The Kier molecular flexibility index (Phi) is 10.5. The second-order valence-electron chi connectivity index (χ2n) is 11.1. The Morgan fingerprint density at radius 3 is 2.73 bits per heavy atom. The fourth-order valence-electron chi connectivity index (χ4n) is 5.28. The molecule has 13 nitrogen and oxygen atoms in total. The molecule has 0 bridgehead atoms. The van der Waals surface area contributed by atoms with Gasteiger partial charge in [-0.25, -0.2) is 33.1 Å². The summed E-state index contributed by atoms with van der Waals surface area (Å²) in [5, 5.41) is 30.3. The van der Waals surface area contributed by atoms with Gasteiger partial charge >= 0.3 is 12.1 Å². The molecule has 2 N–H and O–H groups in total. The number of likely N-dealkylation sites (tertiary alicyclic amines) is 1. The molecule has 4 aromatic rings. The lowest BCUT2D eigenvalue weighted by Crippen LogP contribution is -2.42. The number of benzene rings is 2. The van der Waals surface area contributed by atoms with Crippen LogP contribution in [0.1, 0.15) is 47.6 Å². The quantitative estimate of drug-likeness (QED) is 0.210. The molecule has 16 heteroatoms. The van der Waals surface area contributed by atoms with E-state index < -0.39 is 53.8 Å². The monoisotopic (exact) mass is 679 g/mol. The number of rotatable bonds is 12. The van der Waals surface area contributed by atoms with Gasteiger partial charge in [0.25, 0.3) is 0 Å². The van der Waals surface area contributed by atoms with Crippen molar-refractivity contribution in [2.24, 2.45) is 0 Å². The number of aliphatic hydroxyl groups is 1. The molecule has 2 amide bonds. The molecular formula is C32H31F2N7O6S. The maximum absolute atomic E-state index is 15.2. The molecule has 2 aromatic heterocycles. The van der Waals surface area contributed by atoms with Crippen molar-refractivity contribution < 1.29 is 37.7 Å². The third-order valence-corrected chi connectivity index (χ3v) is 8.93. The summed E-state index contributed by atoms with van der Waals surface area (Å²) in [7, 11) is 1.58. The van der Waals surface area contributed by atoms with Crippen molar-refractivity contribution in [1.82, 2.24) is 30.0 Å². The number of likely N-dealkylation sites (N-methyl/N-ethyl adjacent to an activating group) is 1. The molecule has 1 fully saturated rings. The molecule has 1 saturated heterocycles. The lowest BCUT2D eigenvalue weighted by atomic mass is 9.82. The molecule has 2 aromatic carbocycles. The number of thiazole rings is 1. The van der Waals surface area contributed by atoms with Gasteiger partial charge in [0.2, 0.25) is 5.91 Å². The summed E-state index contributed by atoms with van der Waals surface area (Å²) < 4.78 is 41.2. The zero-order chi connectivity index (χ0) is 34.4. The van der Waals surface area contributed by atoms with Crippen LogP contribution in [0, 0.1) is 23.0 Å². The first-order valence-electron chi connectivity index (χ1n) is 14.8. The predicted molar refractivity (Wildman–Crippen MR) is 166 cm³/mol. The number of imide groups is 1. The summed E-state index contributed by atoms with van der Waals surface area (Å²) in [5.41, 5.74) is -0.600. The standard InChI is InChI=1S/C32H31F2N7O6S/c1-19(30-38-26(16-48-30)21-5-3-20(12-35)4-6-21)32(45,24-11-22(33)7-9-25(24)34)17-40-18-37-27(39-40)15-47-31(44)41-23(8-10-28(41)42)14-46-29(43)13-36-2/h3-7,9,11,16,18-19,23,36,45H,8,10,13-15,17H2,1-2H3/t19-,23-,32+/m0/s1. The van der Waals surface area contributed by atoms with Crippen LogP contribution in [0.25, 0.3) is 11.3 Å². The highest BCUT2D eigenvalue weighted by Crippen LogP contribution is 2.41. The lowest BCUT2D eigenvalue weighted by Gasteiger charge is -2.33. The number of hydrogen-bond acceptors (Lipinski definition) is 12. The molecule has 48 heavy (non-hydrogen) atoms. The van der Waals surface area contributed by atoms with E-state index in [1.165, 1.54) is 22.3 Å². The van der Waals surface area contributed by atoms with Crippen LogP contribution in [0.4, 0.5) is 13.6 Å². The Hall–Kier alpha value is -5.11. The number of amides is 2. The number of nitrogens with zero attached hydrogens (tertiary/aromatic N) is 6. The largest absolute Gasteiger partial charge is 0.463 e. The highest BCUT2D eigenvalue weighted by Gasteiger charge is 2.42. The van der Waals surface area contributed by atoms with E-state index in [-0.39, 0.29) is 37.5 Å². The third kappa shape index (κ3) is 7.54. The maximum atomic E-state index is 15.2. The van der Waals surface area contributed by atoms with E-state index in [1.807, 2.05) is 0 Å². The topological polar surface area (TPSA) is 173 Å². The Labute approximate surface area is 277 Å². The Bertz CT molecular complexity index is 1840. The minimum atomic E-state index is -2.08. The van der Waals surface area contributed by atoms with E-state index in [0.29, 0.717) is 22.7 Å². The first kappa shape index (κ1) is 34.2. The van der Waals surface area contributed by atoms with Crippen LogP contribution in [0.2, 0.25) is 0 Å². The molecule has 0 spiro atoms. The lowest BCUT2D eigenvalue weighted by molar-refractivity contribution is -0.145. The van der Waals surface area contributed by atoms with Gasteiger partial charge in [-0.3, -0.25) is 9.59 Å². The van der Waals surface area contributed by atoms with Gasteiger partial charge in [-0.15, -0.1) is 11.3 Å². The predicted octanol–water partition coefficient (Wildman–Crippen LogP) is 3.63. The Morgan fingerprint density at radius 1 is 1.23 bits per heavy atom. The number of nitrogens with one attached hydrogen (secondary N) is 1. The number of aromatic nitrogens is 4. The van der Waals surface area contributed by atoms with Crippen molar-refractivity contribution in [3.05, 3.63) is 87.8 Å². The highest BCUT2D eigenvalue weighted by atomic mass is 32.1. The van der Waals surface area contributed by atoms with E-state index in [4.69, 9.17) is 14.7 Å². The summed E-state index contributed by atoms with van der Waals surface area (Å²) >= 11 is 1.22. The molecular weight excluding hydrogens is 648 g/mol. The first-order chi connectivity index (χ1) is 23.0. The average Bonchev–Trinajstić information content (AvgIpc) is 3.84. The van der Waals surface area contributed by atoms with Gasteiger partial charge in [-0.2, -0.15) is 10.4 Å². The summed E-state index contributed by atoms with van der Waals surface area (Å²) in [4.78, 5) is 46.6. The molecule has 1 aliphatic rings. The van der Waals surface area contributed by atoms with Crippen LogP contribution in [-0.2, 0) is 37.8 Å². The zero-order valence-electron chi connectivity index (χ0n) is 25.9. The molecule has 3 heterocycles. The number of halogens is 2. The molecule has 0 aliphatic carbocycles. The number of carbonyl (C=O) groups is 3. The number of esters is 1. The molecule has 250 valence electrons. The Morgan fingerprint density at radius 2 is 2.00 bits per heavy atom. The molecule has 0 radical (unpaired) electrons. The van der Waals surface area contributed by atoms with Crippen LogP contribution in [0.5, 0.6) is 0 Å². The minimum absolute atomic E-state index is 0.0130.